The summed E-state index contributed by atoms with van der Waals surface area (Å²) < 4.78 is 5.54. The molecule has 0 aromatic heterocycles. The van der Waals surface area contributed by atoms with Crippen LogP contribution in [0.1, 0.15) is 35.1 Å². The van der Waals surface area contributed by atoms with Gasteiger partial charge in [-0.2, -0.15) is 0 Å². The molecule has 5 rings (SSSR count). The Kier molecular flexibility index (Phi) is 6.48. The quantitative estimate of drug-likeness (QED) is 0.504. The highest BCUT2D eigenvalue weighted by Crippen LogP contribution is 2.32. The molecule has 1 amide bonds. The molecule has 0 aliphatic carbocycles. The maximum absolute atomic E-state index is 11.5. The molecule has 12 nitrogen and oxygen atoms in total. The molecule has 0 atom stereocenters. The minimum atomic E-state index is -0.609. The number of amides is 1. The standard InChI is InChI=1S/C14H15N3O4.C8H6N2O3/c18-14-2-1-3-16(14)4-5-21-13-7-11-9-15-8-10(11)6-12(13)17(19)20;11-8-2-6-4-9-3-5(6)1-7(8)10(12)13/h6-8H,1-5,9H2;1-3,11H,4H2. The van der Waals surface area contributed by atoms with E-state index in [0.717, 1.165) is 29.7 Å². The van der Waals surface area contributed by atoms with Gasteiger partial charge in [0.1, 0.15) is 6.61 Å². The Labute approximate surface area is 193 Å². The van der Waals surface area contributed by atoms with Crippen molar-refractivity contribution in [3.05, 3.63) is 66.7 Å². The van der Waals surface area contributed by atoms with Crippen LogP contribution < -0.4 is 4.74 Å². The van der Waals surface area contributed by atoms with Crippen LogP contribution in [0, 0.1) is 20.2 Å². The van der Waals surface area contributed by atoms with Crippen molar-refractivity contribution >= 4 is 29.7 Å². The van der Waals surface area contributed by atoms with Crippen molar-refractivity contribution in [2.24, 2.45) is 9.98 Å². The maximum Gasteiger partial charge on any atom is 0.311 e. The smallest absolute Gasteiger partial charge is 0.311 e. The zero-order valence-corrected chi connectivity index (χ0v) is 18.0. The van der Waals surface area contributed by atoms with E-state index in [1.54, 1.807) is 23.4 Å². The minimum Gasteiger partial charge on any atom is -0.502 e. The molecule has 2 aromatic carbocycles. The molecule has 0 bridgehead atoms. The number of carbonyl (C=O) groups excluding carboxylic acids is 1. The molecule has 0 spiro atoms. The minimum absolute atomic E-state index is 0.0603. The van der Waals surface area contributed by atoms with Crippen molar-refractivity contribution in [3.8, 4) is 11.5 Å². The van der Waals surface area contributed by atoms with Gasteiger partial charge in [-0.15, -0.1) is 0 Å². The fourth-order valence-corrected chi connectivity index (χ4v) is 3.87. The SMILES string of the molecule is O=C1CCCN1CCOc1cc2c(cc1[N+](=O)[O-])C=NC2.O=[N+]([O-])c1cc2c(cc1O)CN=C2. The maximum atomic E-state index is 11.5. The average Bonchev–Trinajstić information content (AvgIpc) is 3.53. The highest BCUT2D eigenvalue weighted by Gasteiger charge is 2.23. The summed E-state index contributed by atoms with van der Waals surface area (Å²) in [4.78, 5) is 41.7. The predicted octanol–water partition coefficient (Wildman–Crippen LogP) is 2.76. The monoisotopic (exact) mass is 467 g/mol. The van der Waals surface area contributed by atoms with Gasteiger partial charge in [-0.3, -0.25) is 35.0 Å². The second-order valence-electron chi connectivity index (χ2n) is 7.85. The third-order valence-electron chi connectivity index (χ3n) is 5.62. The first-order valence-corrected chi connectivity index (χ1v) is 10.6. The number of benzene rings is 2. The van der Waals surface area contributed by atoms with Crippen molar-refractivity contribution in [2.75, 3.05) is 19.7 Å². The van der Waals surface area contributed by atoms with Gasteiger partial charge in [-0.05, 0) is 29.7 Å². The van der Waals surface area contributed by atoms with Crippen LogP contribution in [0.3, 0.4) is 0 Å². The molecular weight excluding hydrogens is 446 g/mol. The number of hydrogen-bond acceptors (Lipinski definition) is 9. The summed E-state index contributed by atoms with van der Waals surface area (Å²) in [6.07, 6.45) is 4.66. The van der Waals surface area contributed by atoms with Crippen molar-refractivity contribution in [1.82, 2.24) is 4.90 Å². The molecule has 0 saturated carbocycles. The zero-order chi connectivity index (χ0) is 24.2. The molecule has 1 N–H and O–H groups in total. The molecule has 34 heavy (non-hydrogen) atoms. The Morgan fingerprint density at radius 1 is 0.971 bits per heavy atom. The van der Waals surface area contributed by atoms with Crippen molar-refractivity contribution < 1.29 is 24.5 Å². The van der Waals surface area contributed by atoms with Gasteiger partial charge in [0.15, 0.2) is 11.5 Å². The van der Waals surface area contributed by atoms with Gasteiger partial charge in [0.2, 0.25) is 5.91 Å². The number of likely N-dealkylation sites (tertiary alicyclic amines) is 1. The van der Waals surface area contributed by atoms with Gasteiger partial charge in [-0.25, -0.2) is 0 Å². The third-order valence-corrected chi connectivity index (χ3v) is 5.62. The molecule has 2 aromatic rings. The lowest BCUT2D eigenvalue weighted by atomic mass is 10.1. The van der Waals surface area contributed by atoms with Gasteiger partial charge in [0.25, 0.3) is 0 Å². The molecule has 1 fully saturated rings. The van der Waals surface area contributed by atoms with Crippen molar-refractivity contribution in [1.29, 1.82) is 0 Å². The van der Waals surface area contributed by atoms with E-state index in [0.29, 0.717) is 31.6 Å². The van der Waals surface area contributed by atoms with Gasteiger partial charge in [-0.1, -0.05) is 0 Å². The Balaban J connectivity index is 0.000000180. The second kappa shape index (κ2) is 9.65. The van der Waals surface area contributed by atoms with E-state index in [2.05, 4.69) is 9.98 Å². The fourth-order valence-electron chi connectivity index (χ4n) is 3.87. The Morgan fingerprint density at radius 3 is 2.18 bits per heavy atom. The number of phenols is 1. The number of hydrogen-bond donors (Lipinski definition) is 1. The first-order valence-electron chi connectivity index (χ1n) is 10.6. The van der Waals surface area contributed by atoms with Crippen LogP contribution in [0.15, 0.2) is 34.3 Å². The number of nitro groups is 2. The van der Waals surface area contributed by atoms with Crippen molar-refractivity contribution in [2.45, 2.75) is 25.9 Å². The Bertz CT molecular complexity index is 1220. The number of aromatic hydroxyl groups is 1. The molecule has 3 aliphatic heterocycles. The zero-order valence-electron chi connectivity index (χ0n) is 18.0. The highest BCUT2D eigenvalue weighted by molar-refractivity contribution is 5.87. The van der Waals surface area contributed by atoms with E-state index in [4.69, 9.17) is 4.74 Å². The molecule has 0 radical (unpaired) electrons. The topological polar surface area (TPSA) is 161 Å². The van der Waals surface area contributed by atoms with Crippen LogP contribution in [0.5, 0.6) is 11.5 Å². The molecule has 12 heteroatoms. The van der Waals surface area contributed by atoms with E-state index >= 15 is 0 Å². The van der Waals surface area contributed by atoms with Gasteiger partial charge in [0, 0.05) is 48.7 Å². The summed E-state index contributed by atoms with van der Waals surface area (Å²) >= 11 is 0. The predicted molar refractivity (Wildman–Crippen MR) is 122 cm³/mol. The number of carbonyl (C=O) groups is 1. The molecule has 3 aliphatic rings. The molecule has 176 valence electrons. The number of ether oxygens (including phenoxy) is 1. The van der Waals surface area contributed by atoms with E-state index in [-0.39, 0.29) is 35.4 Å². The second-order valence-corrected chi connectivity index (χ2v) is 7.85. The summed E-state index contributed by atoms with van der Waals surface area (Å²) in [6, 6.07) is 5.88. The van der Waals surface area contributed by atoms with Crippen LogP contribution in [-0.2, 0) is 17.9 Å². The van der Waals surface area contributed by atoms with Gasteiger partial charge >= 0.3 is 11.4 Å². The summed E-state index contributed by atoms with van der Waals surface area (Å²) in [5.41, 5.74) is 2.89. The normalized spacial score (nSPS) is 15.1. The Hall–Kier alpha value is -4.35. The lowest BCUT2D eigenvalue weighted by Crippen LogP contribution is -2.29. The largest absolute Gasteiger partial charge is 0.502 e. The average molecular weight is 467 g/mol. The molecule has 3 heterocycles. The first kappa shape index (κ1) is 22.8. The number of fused-ring (bicyclic) bond motifs is 2. The lowest BCUT2D eigenvalue weighted by Gasteiger charge is -2.16. The first-order chi connectivity index (χ1) is 16.3. The highest BCUT2D eigenvalue weighted by atomic mass is 16.6. The van der Waals surface area contributed by atoms with Crippen LogP contribution >= 0.6 is 0 Å². The van der Waals surface area contributed by atoms with E-state index < -0.39 is 9.85 Å². The van der Waals surface area contributed by atoms with E-state index in [1.165, 1.54) is 18.2 Å². The van der Waals surface area contributed by atoms with Crippen LogP contribution in [0.25, 0.3) is 0 Å². The number of rotatable bonds is 6. The number of nitrogens with zero attached hydrogens (tertiary/aromatic N) is 5. The van der Waals surface area contributed by atoms with Crippen molar-refractivity contribution in [3.63, 3.8) is 0 Å². The Morgan fingerprint density at radius 2 is 1.59 bits per heavy atom. The molecule has 1 saturated heterocycles. The summed E-state index contributed by atoms with van der Waals surface area (Å²) in [6.45, 7) is 2.47. The van der Waals surface area contributed by atoms with Gasteiger partial charge < -0.3 is 14.7 Å². The summed E-state index contributed by atoms with van der Waals surface area (Å²) in [7, 11) is 0. The number of aliphatic imine (C=N–C) groups is 2. The summed E-state index contributed by atoms with van der Waals surface area (Å²) in [5.74, 6) is 0.0700. The summed E-state index contributed by atoms with van der Waals surface area (Å²) in [5, 5.41) is 30.8. The van der Waals surface area contributed by atoms with Crippen LogP contribution in [-0.4, -0.2) is 57.9 Å². The molecule has 0 unspecified atom stereocenters. The number of nitro benzene ring substituents is 2. The lowest BCUT2D eigenvalue weighted by molar-refractivity contribution is -0.386. The van der Waals surface area contributed by atoms with Gasteiger partial charge in [0.05, 0.1) is 29.5 Å². The van der Waals surface area contributed by atoms with E-state index in [1.807, 2.05) is 0 Å². The van der Waals surface area contributed by atoms with Crippen LogP contribution in [0.4, 0.5) is 11.4 Å². The fraction of sp³-hybridized carbons (Fsp3) is 0.318. The number of phenolic OH excluding ortho intramolecular Hbond substituents is 1. The third kappa shape index (κ3) is 4.85. The van der Waals surface area contributed by atoms with E-state index in [9.17, 15) is 30.1 Å². The molecular formula is C22H21N5O7. The van der Waals surface area contributed by atoms with Crippen LogP contribution in [0.2, 0.25) is 0 Å².